The molecule has 0 saturated carbocycles. The van der Waals surface area contributed by atoms with E-state index in [0.717, 1.165) is 27.5 Å². The van der Waals surface area contributed by atoms with Crippen LogP contribution in [0.4, 0.5) is 10.1 Å². The number of carbonyl (C=O) groups excluding carboxylic acids is 1. The molecule has 1 N–H and O–H groups in total. The van der Waals surface area contributed by atoms with Crippen molar-refractivity contribution >= 4 is 33.9 Å². The molecule has 3 rings (SSSR count). The van der Waals surface area contributed by atoms with Gasteiger partial charge < -0.3 is 9.88 Å². The Balaban J connectivity index is 2.34. The van der Waals surface area contributed by atoms with Gasteiger partial charge in [-0.25, -0.2) is 0 Å². The molecule has 0 atom stereocenters. The van der Waals surface area contributed by atoms with Gasteiger partial charge in [0.2, 0.25) is 6.41 Å². The van der Waals surface area contributed by atoms with Gasteiger partial charge in [-0.15, -0.1) is 0 Å². The Kier molecular flexibility index (Phi) is 3.37. The summed E-state index contributed by atoms with van der Waals surface area (Å²) in [6.07, 6.45) is 1.17. The van der Waals surface area contributed by atoms with Gasteiger partial charge in [-0.2, -0.15) is 0 Å². The van der Waals surface area contributed by atoms with E-state index in [2.05, 4.69) is 9.88 Å². The Morgan fingerprint density at radius 2 is 1.90 bits per heavy atom. The number of alkyl halides is 1. The van der Waals surface area contributed by atoms with Gasteiger partial charge in [-0.05, 0) is 24.6 Å². The molecule has 0 fully saturated rings. The van der Waals surface area contributed by atoms with E-state index in [-0.39, 0.29) is 6.67 Å². The highest BCUT2D eigenvalue weighted by Gasteiger charge is 2.12. The lowest BCUT2D eigenvalue weighted by molar-refractivity contribution is -0.105. The van der Waals surface area contributed by atoms with Crippen LogP contribution in [0.3, 0.4) is 0 Å². The topological polar surface area (TPSA) is 34.0 Å². The minimum atomic E-state index is -0.333. The molecule has 3 nitrogen and oxygen atoms in total. The third-order valence-electron chi connectivity index (χ3n) is 3.53. The zero-order valence-corrected chi connectivity index (χ0v) is 11.0. The minimum absolute atomic E-state index is 0.333. The van der Waals surface area contributed by atoms with Gasteiger partial charge in [0.15, 0.2) is 0 Å². The van der Waals surface area contributed by atoms with Crippen molar-refractivity contribution < 1.29 is 9.18 Å². The Morgan fingerprint density at radius 3 is 2.70 bits per heavy atom. The molecule has 1 aromatic heterocycles. The minimum Gasteiger partial charge on any atom is -0.340 e. The van der Waals surface area contributed by atoms with Crippen LogP contribution in [0.1, 0.15) is 6.42 Å². The van der Waals surface area contributed by atoms with E-state index in [1.54, 1.807) is 0 Å². The van der Waals surface area contributed by atoms with E-state index in [9.17, 15) is 9.18 Å². The van der Waals surface area contributed by atoms with E-state index in [1.165, 1.54) is 0 Å². The van der Waals surface area contributed by atoms with Crippen molar-refractivity contribution in [3.05, 3.63) is 42.5 Å². The molecule has 0 aliphatic carbocycles. The lowest BCUT2D eigenvalue weighted by Gasteiger charge is -2.06. The molecule has 20 heavy (non-hydrogen) atoms. The van der Waals surface area contributed by atoms with Crippen molar-refractivity contribution in [2.75, 3.05) is 12.0 Å². The number of nitrogens with zero attached hydrogens (tertiary/aromatic N) is 1. The highest BCUT2D eigenvalue weighted by molar-refractivity contribution is 6.15. The van der Waals surface area contributed by atoms with Crippen molar-refractivity contribution in [3.8, 4) is 0 Å². The third kappa shape index (κ3) is 1.93. The maximum Gasteiger partial charge on any atom is 0.211 e. The smallest absolute Gasteiger partial charge is 0.211 e. The molecule has 0 radical (unpaired) electrons. The second-order valence-corrected chi connectivity index (χ2v) is 4.67. The SMILES string of the molecule is O=CNc1cccc2c1c1ccccc1n2CCCF. The molecule has 0 bridgehead atoms. The molecule has 0 saturated heterocycles. The number of nitrogens with one attached hydrogen (secondary N) is 1. The highest BCUT2D eigenvalue weighted by atomic mass is 19.1. The van der Waals surface area contributed by atoms with Crippen molar-refractivity contribution in [3.63, 3.8) is 0 Å². The number of carbonyl (C=O) groups is 1. The standard InChI is InChI=1S/C16H15FN2O/c17-9-4-10-19-14-7-2-1-5-12(14)16-13(18-11-20)6-3-8-15(16)19/h1-3,5-8,11H,4,9-10H2,(H,18,20). The summed E-state index contributed by atoms with van der Waals surface area (Å²) in [4.78, 5) is 10.8. The molecule has 0 aliphatic rings. The van der Waals surface area contributed by atoms with Crippen LogP contribution < -0.4 is 5.32 Å². The largest absolute Gasteiger partial charge is 0.340 e. The number of fused-ring (bicyclic) bond motifs is 3. The van der Waals surface area contributed by atoms with Crippen molar-refractivity contribution in [1.29, 1.82) is 0 Å². The summed E-state index contributed by atoms with van der Waals surface area (Å²) in [6.45, 7) is 0.297. The Hall–Kier alpha value is -2.36. The van der Waals surface area contributed by atoms with E-state index in [1.807, 2.05) is 42.5 Å². The molecule has 1 amide bonds. The number of anilines is 1. The zero-order chi connectivity index (χ0) is 13.9. The van der Waals surface area contributed by atoms with Crippen LogP contribution in [0, 0.1) is 0 Å². The fraction of sp³-hybridized carbons (Fsp3) is 0.188. The van der Waals surface area contributed by atoms with Crippen LogP contribution in [-0.4, -0.2) is 17.7 Å². The summed E-state index contributed by atoms with van der Waals surface area (Å²) >= 11 is 0. The first-order valence-electron chi connectivity index (χ1n) is 6.63. The summed E-state index contributed by atoms with van der Waals surface area (Å²) in [5.74, 6) is 0. The van der Waals surface area contributed by atoms with E-state index in [4.69, 9.17) is 0 Å². The Morgan fingerprint density at radius 1 is 1.10 bits per heavy atom. The predicted octanol–water partition coefficient (Wildman–Crippen LogP) is 3.72. The molecular weight excluding hydrogens is 255 g/mol. The molecule has 0 unspecified atom stereocenters. The quantitative estimate of drug-likeness (QED) is 0.704. The molecule has 0 aliphatic heterocycles. The maximum atomic E-state index is 12.5. The predicted molar refractivity (Wildman–Crippen MR) is 79.7 cm³/mol. The van der Waals surface area contributed by atoms with E-state index < -0.39 is 0 Å². The van der Waals surface area contributed by atoms with Gasteiger partial charge >= 0.3 is 0 Å². The normalized spacial score (nSPS) is 11.1. The monoisotopic (exact) mass is 270 g/mol. The second-order valence-electron chi connectivity index (χ2n) is 4.67. The first-order chi connectivity index (χ1) is 9.86. The fourth-order valence-corrected chi connectivity index (χ4v) is 2.74. The van der Waals surface area contributed by atoms with Crippen LogP contribution >= 0.6 is 0 Å². The van der Waals surface area contributed by atoms with Crippen LogP contribution in [0.5, 0.6) is 0 Å². The van der Waals surface area contributed by atoms with Crippen LogP contribution in [0.25, 0.3) is 21.8 Å². The summed E-state index contributed by atoms with van der Waals surface area (Å²) in [5, 5.41) is 4.83. The number of aromatic nitrogens is 1. The Labute approximate surface area is 116 Å². The van der Waals surface area contributed by atoms with Gasteiger partial charge in [-0.3, -0.25) is 9.18 Å². The summed E-state index contributed by atoms with van der Waals surface area (Å²) < 4.78 is 14.6. The lowest BCUT2D eigenvalue weighted by Crippen LogP contribution is -1.99. The number of halogens is 1. The van der Waals surface area contributed by atoms with Gasteiger partial charge in [0.1, 0.15) is 0 Å². The lowest BCUT2D eigenvalue weighted by atomic mass is 10.1. The number of hydrogen-bond acceptors (Lipinski definition) is 1. The number of aryl methyl sites for hydroxylation is 1. The molecule has 1 heterocycles. The van der Waals surface area contributed by atoms with Gasteiger partial charge in [0, 0.05) is 22.8 Å². The summed E-state index contributed by atoms with van der Waals surface area (Å²) in [7, 11) is 0. The van der Waals surface area contributed by atoms with E-state index in [0.29, 0.717) is 19.4 Å². The highest BCUT2D eigenvalue weighted by Crippen LogP contribution is 2.34. The molecule has 2 aromatic carbocycles. The molecule has 3 aromatic rings. The maximum absolute atomic E-state index is 12.5. The molecular formula is C16H15FN2O. The van der Waals surface area contributed by atoms with Crippen molar-refractivity contribution in [1.82, 2.24) is 4.57 Å². The van der Waals surface area contributed by atoms with Crippen LogP contribution in [0.2, 0.25) is 0 Å². The molecule has 102 valence electrons. The first-order valence-corrected chi connectivity index (χ1v) is 6.63. The van der Waals surface area contributed by atoms with Gasteiger partial charge in [0.05, 0.1) is 17.9 Å². The number of hydrogen-bond donors (Lipinski definition) is 1. The summed E-state index contributed by atoms with van der Waals surface area (Å²) in [5.41, 5.74) is 2.87. The average molecular weight is 270 g/mol. The van der Waals surface area contributed by atoms with Gasteiger partial charge in [-0.1, -0.05) is 24.3 Å². The van der Waals surface area contributed by atoms with Crippen LogP contribution in [0.15, 0.2) is 42.5 Å². The second kappa shape index (κ2) is 5.33. The fourth-order valence-electron chi connectivity index (χ4n) is 2.74. The van der Waals surface area contributed by atoms with Crippen LogP contribution in [-0.2, 0) is 11.3 Å². The third-order valence-corrected chi connectivity index (χ3v) is 3.53. The zero-order valence-electron chi connectivity index (χ0n) is 11.0. The number of para-hydroxylation sites is 1. The van der Waals surface area contributed by atoms with Crippen molar-refractivity contribution in [2.45, 2.75) is 13.0 Å². The van der Waals surface area contributed by atoms with E-state index >= 15 is 0 Å². The van der Waals surface area contributed by atoms with Gasteiger partial charge in [0.25, 0.3) is 0 Å². The number of amides is 1. The van der Waals surface area contributed by atoms with Crippen molar-refractivity contribution in [2.24, 2.45) is 0 Å². The number of rotatable bonds is 5. The average Bonchev–Trinajstić information content (AvgIpc) is 2.80. The summed E-state index contributed by atoms with van der Waals surface area (Å²) in [6, 6.07) is 13.8. The molecule has 4 heteroatoms. The number of benzene rings is 2. The Bertz CT molecular complexity index is 764. The first kappa shape index (κ1) is 12.7. The molecule has 0 spiro atoms.